The molecule has 0 amide bonds. The van der Waals surface area contributed by atoms with Gasteiger partial charge in [-0.2, -0.15) is 0 Å². The molecule has 0 spiro atoms. The van der Waals surface area contributed by atoms with Gasteiger partial charge in [-0.1, -0.05) is 0 Å². The predicted molar refractivity (Wildman–Crippen MR) is 43.4 cm³/mol. The number of aliphatic hydroxyl groups is 1. The fourth-order valence-electron chi connectivity index (χ4n) is 0.438. The number of hydrogen-bond acceptors (Lipinski definition) is 1. The molecule has 0 aromatic heterocycles. The Morgan fingerprint density at radius 2 is 1.55 bits per heavy atom. The van der Waals surface area contributed by atoms with Crippen LogP contribution in [0.5, 0.6) is 0 Å². The van der Waals surface area contributed by atoms with Crippen LogP contribution in [0, 0.1) is 0 Å². The third-order valence-electron chi connectivity index (χ3n) is 0.774. The van der Waals surface area contributed by atoms with Crippen LogP contribution in [0.3, 0.4) is 0 Å². The third-order valence-corrected chi connectivity index (χ3v) is 1.29. The molecular formula is C9H13OTi. The number of hydrogen-bond donors (Lipinski definition) is 1. The van der Waals surface area contributed by atoms with Crippen molar-refractivity contribution < 1.29 is 25.5 Å². The summed E-state index contributed by atoms with van der Waals surface area (Å²) in [5, 5.41) is 8.06. The molecule has 0 unspecified atom stereocenters. The van der Waals surface area contributed by atoms with E-state index in [-0.39, 0.29) is 6.10 Å². The van der Waals surface area contributed by atoms with Crippen LogP contribution in [-0.2, 0) is 20.4 Å². The van der Waals surface area contributed by atoms with Crippen LogP contribution in [0.1, 0.15) is 13.8 Å². The second kappa shape index (κ2) is 6.59. The molecule has 0 aliphatic rings. The molecular weight excluding hydrogens is 172 g/mol. The molecule has 1 nitrogen and oxygen atoms in total. The summed E-state index contributed by atoms with van der Waals surface area (Å²) in [5.74, 6) is 0. The van der Waals surface area contributed by atoms with Crippen molar-refractivity contribution in [3.8, 4) is 0 Å². The fraction of sp³-hybridized carbons (Fsp3) is 0.333. The first-order chi connectivity index (χ1) is 5.13. The average Bonchev–Trinajstić information content (AvgIpc) is 1.87. The van der Waals surface area contributed by atoms with Gasteiger partial charge in [0.2, 0.25) is 0 Å². The molecule has 1 N–H and O–H groups in total. The van der Waals surface area contributed by atoms with E-state index in [9.17, 15) is 0 Å². The van der Waals surface area contributed by atoms with Crippen molar-refractivity contribution in [1.82, 2.24) is 0 Å². The molecule has 0 fully saturated rings. The third kappa shape index (κ3) is 9.89. The number of aliphatic hydroxyl groups excluding tert-OH is 1. The summed E-state index contributed by atoms with van der Waals surface area (Å²) < 4.78 is 1.32. The van der Waals surface area contributed by atoms with E-state index in [0.29, 0.717) is 0 Å². The van der Waals surface area contributed by atoms with Crippen LogP contribution in [0.4, 0.5) is 0 Å². The molecule has 1 aromatic carbocycles. The summed E-state index contributed by atoms with van der Waals surface area (Å²) in [6, 6.07) is 10.3. The van der Waals surface area contributed by atoms with E-state index >= 15 is 0 Å². The standard InChI is InChI=1S/C6H5.C3H8O.Ti/c1-2-4-6-5-3-1;1-3(2)4;/h1-5H;3-4H,1-2H3;. The van der Waals surface area contributed by atoms with Crippen LogP contribution in [0.25, 0.3) is 0 Å². The molecule has 0 aliphatic carbocycles. The zero-order valence-electron chi connectivity index (χ0n) is 6.91. The maximum absolute atomic E-state index is 8.06. The first-order valence-electron chi connectivity index (χ1n) is 3.57. The first kappa shape index (κ1) is 10.9. The molecule has 0 bridgehead atoms. The summed E-state index contributed by atoms with van der Waals surface area (Å²) in [6.45, 7) is 3.44. The molecule has 0 saturated carbocycles. The molecule has 1 aromatic rings. The van der Waals surface area contributed by atoms with E-state index in [1.807, 2.05) is 18.2 Å². The van der Waals surface area contributed by atoms with Gasteiger partial charge in [0, 0.05) is 6.10 Å². The van der Waals surface area contributed by atoms with Gasteiger partial charge in [0.25, 0.3) is 0 Å². The van der Waals surface area contributed by atoms with Gasteiger partial charge in [0.1, 0.15) is 0 Å². The monoisotopic (exact) mass is 185 g/mol. The van der Waals surface area contributed by atoms with E-state index in [1.165, 1.54) is 3.87 Å². The molecule has 11 heavy (non-hydrogen) atoms. The van der Waals surface area contributed by atoms with Crippen LogP contribution >= 0.6 is 0 Å². The average molecular weight is 185 g/mol. The van der Waals surface area contributed by atoms with Gasteiger partial charge in [0.15, 0.2) is 0 Å². The SMILES string of the molecule is CC(C)O.[Ti][c]1ccccc1. The predicted octanol–water partition coefficient (Wildman–Crippen LogP) is 1.25. The van der Waals surface area contributed by atoms with Gasteiger partial charge in [-0.25, -0.2) is 0 Å². The molecule has 0 atom stereocenters. The van der Waals surface area contributed by atoms with Crippen molar-refractivity contribution in [2.75, 3.05) is 0 Å². The summed E-state index contributed by atoms with van der Waals surface area (Å²) in [7, 11) is 0. The fourth-order valence-corrected chi connectivity index (χ4v) is 0.739. The second-order valence-electron chi connectivity index (χ2n) is 2.46. The summed E-state index contributed by atoms with van der Waals surface area (Å²) in [4.78, 5) is 0. The Hall–Kier alpha value is -0.106. The van der Waals surface area contributed by atoms with E-state index < -0.39 is 0 Å². The molecule has 0 aliphatic heterocycles. The van der Waals surface area contributed by atoms with Crippen molar-refractivity contribution in [3.05, 3.63) is 30.3 Å². The number of benzene rings is 1. The summed E-state index contributed by atoms with van der Waals surface area (Å²) in [5.41, 5.74) is 0. The van der Waals surface area contributed by atoms with Crippen LogP contribution in [-0.4, -0.2) is 11.2 Å². The summed E-state index contributed by atoms with van der Waals surface area (Å²) >= 11 is 2.08. The van der Waals surface area contributed by atoms with Crippen molar-refractivity contribution in [1.29, 1.82) is 0 Å². The van der Waals surface area contributed by atoms with E-state index in [4.69, 9.17) is 5.11 Å². The van der Waals surface area contributed by atoms with E-state index in [2.05, 4.69) is 32.6 Å². The number of rotatable bonds is 0. The molecule has 2 heteroatoms. The molecule has 1 rings (SSSR count). The summed E-state index contributed by atoms with van der Waals surface area (Å²) in [6.07, 6.45) is -0.167. The van der Waals surface area contributed by atoms with Crippen molar-refractivity contribution in [2.45, 2.75) is 20.0 Å². The Kier molecular flexibility index (Phi) is 6.53. The van der Waals surface area contributed by atoms with Crippen molar-refractivity contribution >= 4 is 3.87 Å². The van der Waals surface area contributed by atoms with Gasteiger partial charge >= 0.3 is 54.6 Å². The van der Waals surface area contributed by atoms with Crippen LogP contribution < -0.4 is 3.87 Å². The molecule has 59 valence electrons. The minimum absolute atomic E-state index is 0.167. The van der Waals surface area contributed by atoms with Crippen LogP contribution in [0.15, 0.2) is 30.3 Å². The molecule has 0 radical (unpaired) electrons. The van der Waals surface area contributed by atoms with Crippen molar-refractivity contribution in [2.24, 2.45) is 0 Å². The van der Waals surface area contributed by atoms with Crippen molar-refractivity contribution in [3.63, 3.8) is 0 Å². The quantitative estimate of drug-likeness (QED) is 0.603. The Balaban J connectivity index is 0.000000218. The normalized spacial score (nSPS) is 8.64. The Labute approximate surface area is 79.9 Å². The van der Waals surface area contributed by atoms with Gasteiger partial charge < -0.3 is 5.11 Å². The van der Waals surface area contributed by atoms with Gasteiger partial charge in [-0.15, -0.1) is 0 Å². The van der Waals surface area contributed by atoms with Gasteiger partial charge in [0.05, 0.1) is 0 Å². The minimum atomic E-state index is -0.167. The topological polar surface area (TPSA) is 20.2 Å². The van der Waals surface area contributed by atoms with E-state index in [1.54, 1.807) is 13.8 Å². The van der Waals surface area contributed by atoms with Gasteiger partial charge in [-0.05, 0) is 13.8 Å². The maximum atomic E-state index is 8.06. The Morgan fingerprint density at radius 3 is 1.73 bits per heavy atom. The molecule has 0 saturated heterocycles. The van der Waals surface area contributed by atoms with Gasteiger partial charge in [-0.3, -0.25) is 0 Å². The Morgan fingerprint density at radius 1 is 1.18 bits per heavy atom. The Bertz CT molecular complexity index is 169. The first-order valence-corrected chi connectivity index (χ1v) is 4.35. The van der Waals surface area contributed by atoms with Crippen LogP contribution in [0.2, 0.25) is 0 Å². The van der Waals surface area contributed by atoms with E-state index in [0.717, 1.165) is 0 Å². The zero-order valence-corrected chi connectivity index (χ0v) is 8.47. The second-order valence-corrected chi connectivity index (χ2v) is 3.36. The molecule has 0 heterocycles. The zero-order chi connectivity index (χ0) is 8.69.